The molecule has 1 N–H and O–H groups in total. The Hall–Kier alpha value is -1.07. The first kappa shape index (κ1) is 15.3. The normalized spacial score (nSPS) is 19.1. The number of carbonyl (C=O) groups excluding carboxylic acids is 1. The van der Waals surface area contributed by atoms with E-state index in [-0.39, 0.29) is 18.4 Å². The van der Waals surface area contributed by atoms with Crippen LogP contribution in [0.15, 0.2) is 12.1 Å². The molecule has 0 aliphatic carbocycles. The van der Waals surface area contributed by atoms with E-state index >= 15 is 0 Å². The number of hydrogen-bond donors (Lipinski definition) is 1. The van der Waals surface area contributed by atoms with Crippen molar-refractivity contribution < 1.29 is 14.7 Å². The third-order valence-electron chi connectivity index (χ3n) is 3.59. The molecule has 1 amide bonds. The molecule has 2 rings (SSSR count). The molecule has 0 aromatic carbocycles. The lowest BCUT2D eigenvalue weighted by atomic mass is 9.97. The first-order valence-electron chi connectivity index (χ1n) is 6.81. The van der Waals surface area contributed by atoms with Crippen molar-refractivity contribution in [1.82, 2.24) is 4.90 Å². The molecule has 0 spiro atoms. The largest absolute Gasteiger partial charge is 0.481 e. The van der Waals surface area contributed by atoms with Gasteiger partial charge >= 0.3 is 5.97 Å². The first-order chi connectivity index (χ1) is 9.56. The number of aliphatic carboxylic acids is 1. The highest BCUT2D eigenvalue weighted by molar-refractivity contribution is 7.16. The molecule has 2 heterocycles. The fraction of sp³-hybridized carbons (Fsp3) is 0.571. The van der Waals surface area contributed by atoms with E-state index in [1.165, 1.54) is 11.3 Å². The van der Waals surface area contributed by atoms with E-state index in [9.17, 15) is 9.59 Å². The van der Waals surface area contributed by atoms with Gasteiger partial charge in [-0.3, -0.25) is 9.59 Å². The van der Waals surface area contributed by atoms with Crippen molar-refractivity contribution in [3.05, 3.63) is 21.3 Å². The van der Waals surface area contributed by atoms with E-state index in [2.05, 4.69) is 0 Å². The van der Waals surface area contributed by atoms with Gasteiger partial charge in [0.25, 0.3) is 0 Å². The number of hydrogen-bond acceptors (Lipinski definition) is 3. The molecule has 1 saturated heterocycles. The summed E-state index contributed by atoms with van der Waals surface area (Å²) in [6, 6.07) is 3.75. The molecule has 1 fully saturated rings. The second-order valence-corrected chi connectivity index (χ2v) is 6.85. The van der Waals surface area contributed by atoms with Crippen LogP contribution in [0.4, 0.5) is 0 Å². The lowest BCUT2D eigenvalue weighted by Gasteiger charge is -2.35. The summed E-state index contributed by atoms with van der Waals surface area (Å²) in [6.45, 7) is 0.738. The number of carboxylic acids is 1. The molecule has 1 aliphatic heterocycles. The van der Waals surface area contributed by atoms with Crippen molar-refractivity contribution in [2.75, 3.05) is 6.54 Å². The molecule has 110 valence electrons. The lowest BCUT2D eigenvalue weighted by Crippen LogP contribution is -2.44. The van der Waals surface area contributed by atoms with Crippen LogP contribution in [-0.4, -0.2) is 34.5 Å². The number of amides is 1. The predicted octanol–water partition coefficient (Wildman–Crippen LogP) is 3.19. The summed E-state index contributed by atoms with van der Waals surface area (Å²) in [5, 5.41) is 8.79. The van der Waals surface area contributed by atoms with Crippen molar-refractivity contribution in [3.63, 3.8) is 0 Å². The number of piperidine rings is 1. The number of nitrogens with zero attached hydrogens (tertiary/aromatic N) is 1. The zero-order chi connectivity index (χ0) is 14.5. The summed E-state index contributed by atoms with van der Waals surface area (Å²) >= 11 is 7.29. The van der Waals surface area contributed by atoms with Crippen LogP contribution in [0.5, 0.6) is 0 Å². The van der Waals surface area contributed by atoms with Gasteiger partial charge in [-0.2, -0.15) is 0 Å². The van der Waals surface area contributed by atoms with E-state index in [1.54, 1.807) is 6.07 Å². The van der Waals surface area contributed by atoms with E-state index in [0.29, 0.717) is 17.2 Å². The molecular weight excluding hydrogens is 298 g/mol. The Bertz CT molecular complexity index is 489. The third kappa shape index (κ3) is 4.21. The minimum absolute atomic E-state index is 0.0720. The van der Waals surface area contributed by atoms with Gasteiger partial charge < -0.3 is 10.0 Å². The summed E-state index contributed by atoms with van der Waals surface area (Å²) in [7, 11) is 0. The Morgan fingerprint density at radius 1 is 1.40 bits per heavy atom. The van der Waals surface area contributed by atoms with Gasteiger partial charge in [0, 0.05) is 23.9 Å². The van der Waals surface area contributed by atoms with E-state index in [1.807, 2.05) is 11.0 Å². The van der Waals surface area contributed by atoms with Crippen LogP contribution in [0.1, 0.15) is 37.0 Å². The predicted molar refractivity (Wildman–Crippen MR) is 79.3 cm³/mol. The van der Waals surface area contributed by atoms with Crippen molar-refractivity contribution in [1.29, 1.82) is 0 Å². The summed E-state index contributed by atoms with van der Waals surface area (Å²) in [5.41, 5.74) is 0. The molecule has 6 heteroatoms. The third-order valence-corrected chi connectivity index (χ3v) is 4.82. The zero-order valence-corrected chi connectivity index (χ0v) is 12.8. The SMILES string of the molecule is O=C(O)CC[C@@H]1CCCCN1C(=O)Cc1ccc(Cl)s1. The lowest BCUT2D eigenvalue weighted by molar-refractivity contribution is -0.139. The minimum Gasteiger partial charge on any atom is -0.481 e. The highest BCUT2D eigenvalue weighted by atomic mass is 35.5. The molecule has 20 heavy (non-hydrogen) atoms. The number of halogens is 1. The maximum absolute atomic E-state index is 12.4. The Kier molecular flexibility index (Phi) is 5.43. The fourth-order valence-corrected chi connectivity index (χ4v) is 3.70. The zero-order valence-electron chi connectivity index (χ0n) is 11.2. The van der Waals surface area contributed by atoms with E-state index < -0.39 is 5.97 Å². The number of likely N-dealkylation sites (tertiary alicyclic amines) is 1. The van der Waals surface area contributed by atoms with Crippen molar-refractivity contribution >= 4 is 34.8 Å². The van der Waals surface area contributed by atoms with E-state index in [0.717, 1.165) is 30.7 Å². The van der Waals surface area contributed by atoms with Crippen LogP contribution in [0.2, 0.25) is 4.34 Å². The van der Waals surface area contributed by atoms with Crippen LogP contribution >= 0.6 is 22.9 Å². The minimum atomic E-state index is -0.798. The van der Waals surface area contributed by atoms with Crippen LogP contribution in [0.3, 0.4) is 0 Å². The summed E-state index contributed by atoms with van der Waals surface area (Å²) < 4.78 is 0.689. The van der Waals surface area contributed by atoms with Crippen LogP contribution < -0.4 is 0 Å². The molecular formula is C14H18ClNO3S. The molecule has 1 aliphatic rings. The maximum atomic E-state index is 12.4. The monoisotopic (exact) mass is 315 g/mol. The average Bonchev–Trinajstić information content (AvgIpc) is 2.82. The van der Waals surface area contributed by atoms with Gasteiger partial charge in [-0.05, 0) is 37.8 Å². The number of rotatable bonds is 5. The van der Waals surface area contributed by atoms with Gasteiger partial charge in [0.2, 0.25) is 5.91 Å². The fourth-order valence-electron chi connectivity index (χ4n) is 2.62. The Labute approximate surface area is 127 Å². The molecule has 0 bridgehead atoms. The second kappa shape index (κ2) is 7.09. The van der Waals surface area contributed by atoms with Crippen molar-refractivity contribution in [3.8, 4) is 0 Å². The highest BCUT2D eigenvalue weighted by Crippen LogP contribution is 2.25. The summed E-state index contributed by atoms with van der Waals surface area (Å²) in [4.78, 5) is 25.9. The molecule has 1 aromatic heterocycles. The highest BCUT2D eigenvalue weighted by Gasteiger charge is 2.27. The first-order valence-corrected chi connectivity index (χ1v) is 8.01. The molecule has 0 radical (unpaired) electrons. The van der Waals surface area contributed by atoms with Crippen molar-refractivity contribution in [2.24, 2.45) is 0 Å². The Balaban J connectivity index is 1.95. The van der Waals surface area contributed by atoms with Gasteiger partial charge in [0.05, 0.1) is 10.8 Å². The topological polar surface area (TPSA) is 57.6 Å². The molecule has 0 saturated carbocycles. The van der Waals surface area contributed by atoms with E-state index in [4.69, 9.17) is 16.7 Å². The second-order valence-electron chi connectivity index (χ2n) is 5.05. The molecule has 0 unspecified atom stereocenters. The average molecular weight is 316 g/mol. The summed E-state index contributed by atoms with van der Waals surface area (Å²) in [6.07, 6.45) is 4.01. The van der Waals surface area contributed by atoms with Gasteiger partial charge in [0.1, 0.15) is 0 Å². The van der Waals surface area contributed by atoms with Crippen molar-refractivity contribution in [2.45, 2.75) is 44.6 Å². The molecule has 4 nitrogen and oxygen atoms in total. The Morgan fingerprint density at radius 2 is 2.20 bits per heavy atom. The Morgan fingerprint density at radius 3 is 2.85 bits per heavy atom. The van der Waals surface area contributed by atoms with Crippen LogP contribution in [0, 0.1) is 0 Å². The quantitative estimate of drug-likeness (QED) is 0.908. The number of carboxylic acid groups (broad SMARTS) is 1. The number of carbonyl (C=O) groups is 2. The van der Waals surface area contributed by atoms with Gasteiger partial charge in [-0.1, -0.05) is 11.6 Å². The standard InChI is InChI=1S/C14H18ClNO3S/c15-12-6-5-11(20-12)9-13(17)16-8-2-1-3-10(16)4-7-14(18)19/h5-6,10H,1-4,7-9H2,(H,18,19)/t10-/m0/s1. The molecule has 1 atom stereocenters. The smallest absolute Gasteiger partial charge is 0.303 e. The summed E-state index contributed by atoms with van der Waals surface area (Å²) in [5.74, 6) is -0.716. The van der Waals surface area contributed by atoms with Gasteiger partial charge in [-0.15, -0.1) is 11.3 Å². The maximum Gasteiger partial charge on any atom is 0.303 e. The van der Waals surface area contributed by atoms with Crippen LogP contribution in [-0.2, 0) is 16.0 Å². The molecule has 1 aromatic rings. The number of thiophene rings is 1. The van der Waals surface area contributed by atoms with Crippen LogP contribution in [0.25, 0.3) is 0 Å². The van der Waals surface area contributed by atoms with Gasteiger partial charge in [-0.25, -0.2) is 0 Å². The van der Waals surface area contributed by atoms with Gasteiger partial charge in [0.15, 0.2) is 0 Å².